The summed E-state index contributed by atoms with van der Waals surface area (Å²) in [5, 5.41) is 7.39. The number of hydrogen-bond acceptors (Lipinski definition) is 5. The summed E-state index contributed by atoms with van der Waals surface area (Å²) < 4.78 is 1.85. The van der Waals surface area contributed by atoms with Crippen molar-refractivity contribution in [2.75, 3.05) is 11.9 Å². The van der Waals surface area contributed by atoms with E-state index in [2.05, 4.69) is 20.4 Å². The molecule has 0 amide bonds. The maximum absolute atomic E-state index is 11.0. The summed E-state index contributed by atoms with van der Waals surface area (Å²) in [6, 6.07) is 1.88. The number of aldehydes is 1. The second-order valence-electron chi connectivity index (χ2n) is 3.99. The standard InChI is InChI=1S/C12H14ClN5O/c1-9-16-11(13)10(8-19)12(17-9)14-4-2-6-18-7-3-5-15-18/h3,5,7-8H,2,4,6H2,1H3,(H,14,16,17). The highest BCUT2D eigenvalue weighted by atomic mass is 35.5. The molecule has 0 saturated carbocycles. The Bertz CT molecular complexity index is 555. The van der Waals surface area contributed by atoms with Crippen LogP contribution in [0.1, 0.15) is 22.6 Å². The number of aryl methyl sites for hydroxylation is 2. The van der Waals surface area contributed by atoms with Gasteiger partial charge in [0.05, 0.1) is 5.56 Å². The summed E-state index contributed by atoms with van der Waals surface area (Å²) in [5.41, 5.74) is 0.298. The zero-order chi connectivity index (χ0) is 13.7. The number of nitrogens with one attached hydrogen (secondary N) is 1. The van der Waals surface area contributed by atoms with E-state index in [1.54, 1.807) is 13.1 Å². The molecule has 7 heteroatoms. The van der Waals surface area contributed by atoms with E-state index in [9.17, 15) is 4.79 Å². The van der Waals surface area contributed by atoms with Gasteiger partial charge >= 0.3 is 0 Å². The quantitative estimate of drug-likeness (QED) is 0.497. The van der Waals surface area contributed by atoms with Gasteiger partial charge in [0.1, 0.15) is 16.8 Å². The zero-order valence-corrected chi connectivity index (χ0v) is 11.3. The maximum atomic E-state index is 11.0. The molecule has 0 fully saturated rings. The second kappa shape index (κ2) is 6.29. The van der Waals surface area contributed by atoms with Crippen LogP contribution >= 0.6 is 11.6 Å². The first-order valence-corrected chi connectivity index (χ1v) is 6.29. The van der Waals surface area contributed by atoms with Crippen molar-refractivity contribution >= 4 is 23.7 Å². The highest BCUT2D eigenvalue weighted by molar-refractivity contribution is 6.32. The number of carbonyl (C=O) groups is 1. The molecule has 0 bridgehead atoms. The summed E-state index contributed by atoms with van der Waals surface area (Å²) in [7, 11) is 0. The van der Waals surface area contributed by atoms with Crippen LogP contribution in [0, 0.1) is 6.92 Å². The fourth-order valence-electron chi connectivity index (χ4n) is 1.67. The number of rotatable bonds is 6. The summed E-state index contributed by atoms with van der Waals surface area (Å²) in [6.45, 7) is 3.21. The summed E-state index contributed by atoms with van der Waals surface area (Å²) in [6.07, 6.45) is 5.17. The van der Waals surface area contributed by atoms with Crippen LogP contribution in [0.15, 0.2) is 18.5 Å². The molecule has 0 spiro atoms. The minimum atomic E-state index is 0.178. The Labute approximate surface area is 115 Å². The van der Waals surface area contributed by atoms with Crippen molar-refractivity contribution in [2.24, 2.45) is 0 Å². The lowest BCUT2D eigenvalue weighted by Crippen LogP contribution is -2.11. The van der Waals surface area contributed by atoms with Crippen LogP contribution in [0.4, 0.5) is 5.82 Å². The smallest absolute Gasteiger partial charge is 0.156 e. The molecule has 0 aromatic carbocycles. The normalized spacial score (nSPS) is 10.4. The van der Waals surface area contributed by atoms with Crippen LogP contribution in [-0.4, -0.2) is 32.6 Å². The van der Waals surface area contributed by atoms with Gasteiger partial charge in [0.2, 0.25) is 0 Å². The van der Waals surface area contributed by atoms with Crippen LogP contribution in [0.25, 0.3) is 0 Å². The van der Waals surface area contributed by atoms with Crippen LogP contribution in [-0.2, 0) is 6.54 Å². The lowest BCUT2D eigenvalue weighted by molar-refractivity contribution is 0.112. The monoisotopic (exact) mass is 279 g/mol. The van der Waals surface area contributed by atoms with E-state index >= 15 is 0 Å². The lowest BCUT2D eigenvalue weighted by Gasteiger charge is -2.09. The van der Waals surface area contributed by atoms with E-state index in [0.717, 1.165) is 13.0 Å². The van der Waals surface area contributed by atoms with E-state index in [1.807, 2.05) is 16.9 Å². The zero-order valence-electron chi connectivity index (χ0n) is 10.5. The van der Waals surface area contributed by atoms with Crippen molar-refractivity contribution in [1.29, 1.82) is 0 Å². The Morgan fingerprint density at radius 3 is 3.00 bits per heavy atom. The highest BCUT2D eigenvalue weighted by Crippen LogP contribution is 2.18. The predicted octanol–water partition coefficient (Wildman–Crippen LogP) is 1.95. The van der Waals surface area contributed by atoms with Gasteiger partial charge < -0.3 is 5.32 Å². The number of hydrogen-bond donors (Lipinski definition) is 1. The van der Waals surface area contributed by atoms with Crippen molar-refractivity contribution in [2.45, 2.75) is 19.9 Å². The number of anilines is 1. The van der Waals surface area contributed by atoms with E-state index in [4.69, 9.17) is 11.6 Å². The largest absolute Gasteiger partial charge is 0.369 e. The molecule has 2 aromatic heterocycles. The molecule has 0 radical (unpaired) electrons. The van der Waals surface area contributed by atoms with Crippen LogP contribution in [0.5, 0.6) is 0 Å². The van der Waals surface area contributed by atoms with E-state index in [1.165, 1.54) is 0 Å². The van der Waals surface area contributed by atoms with Crippen LogP contribution in [0.3, 0.4) is 0 Å². The second-order valence-corrected chi connectivity index (χ2v) is 4.35. The van der Waals surface area contributed by atoms with E-state index in [0.29, 0.717) is 30.0 Å². The average molecular weight is 280 g/mol. The van der Waals surface area contributed by atoms with E-state index < -0.39 is 0 Å². The van der Waals surface area contributed by atoms with Gasteiger partial charge in [0.25, 0.3) is 0 Å². The molecule has 2 aromatic rings. The number of carbonyl (C=O) groups excluding carboxylic acids is 1. The molecule has 1 N–H and O–H groups in total. The number of aromatic nitrogens is 4. The van der Waals surface area contributed by atoms with Gasteiger partial charge in [0.15, 0.2) is 6.29 Å². The molecular formula is C12H14ClN5O. The molecule has 2 rings (SSSR count). The molecule has 0 aliphatic carbocycles. The third kappa shape index (κ3) is 3.51. The SMILES string of the molecule is Cc1nc(Cl)c(C=O)c(NCCCn2cccn2)n1. The molecule has 6 nitrogen and oxygen atoms in total. The van der Waals surface area contributed by atoms with Crippen LogP contribution in [0.2, 0.25) is 5.15 Å². The first kappa shape index (κ1) is 13.5. The van der Waals surface area contributed by atoms with Crippen LogP contribution < -0.4 is 5.32 Å². The molecule has 0 unspecified atom stereocenters. The molecule has 19 heavy (non-hydrogen) atoms. The topological polar surface area (TPSA) is 72.7 Å². The van der Waals surface area contributed by atoms with Gasteiger partial charge in [-0.3, -0.25) is 9.48 Å². The number of nitrogens with zero attached hydrogens (tertiary/aromatic N) is 4. The third-order valence-corrected chi connectivity index (χ3v) is 2.83. The summed E-state index contributed by atoms with van der Waals surface area (Å²) in [4.78, 5) is 19.1. The van der Waals surface area contributed by atoms with Crippen molar-refractivity contribution in [3.63, 3.8) is 0 Å². The molecule has 100 valence electrons. The molecule has 2 heterocycles. The minimum absolute atomic E-state index is 0.178. The minimum Gasteiger partial charge on any atom is -0.369 e. The predicted molar refractivity (Wildman–Crippen MR) is 72.5 cm³/mol. The summed E-state index contributed by atoms with van der Waals surface area (Å²) >= 11 is 5.89. The first-order valence-electron chi connectivity index (χ1n) is 5.91. The van der Waals surface area contributed by atoms with Gasteiger partial charge in [-0.1, -0.05) is 11.6 Å². The Morgan fingerprint density at radius 2 is 2.32 bits per heavy atom. The number of halogens is 1. The van der Waals surface area contributed by atoms with Crippen molar-refractivity contribution in [1.82, 2.24) is 19.7 Å². The van der Waals surface area contributed by atoms with Crippen molar-refractivity contribution in [3.8, 4) is 0 Å². The van der Waals surface area contributed by atoms with E-state index in [-0.39, 0.29) is 5.15 Å². The molecule has 0 atom stereocenters. The Hall–Kier alpha value is -1.95. The maximum Gasteiger partial charge on any atom is 0.156 e. The van der Waals surface area contributed by atoms with Gasteiger partial charge in [-0.25, -0.2) is 9.97 Å². The van der Waals surface area contributed by atoms with Crippen molar-refractivity contribution in [3.05, 3.63) is 35.0 Å². The Balaban J connectivity index is 1.93. The van der Waals surface area contributed by atoms with Gasteiger partial charge in [-0.05, 0) is 19.4 Å². The highest BCUT2D eigenvalue weighted by Gasteiger charge is 2.10. The molecule has 0 saturated heterocycles. The summed E-state index contributed by atoms with van der Waals surface area (Å²) in [5.74, 6) is 1.01. The first-order chi connectivity index (χ1) is 9.20. The molecular weight excluding hydrogens is 266 g/mol. The van der Waals surface area contributed by atoms with Crippen molar-refractivity contribution < 1.29 is 4.79 Å². The Morgan fingerprint density at radius 1 is 1.47 bits per heavy atom. The fraction of sp³-hybridized carbons (Fsp3) is 0.333. The van der Waals surface area contributed by atoms with Gasteiger partial charge in [-0.15, -0.1) is 0 Å². The molecule has 0 aliphatic heterocycles. The molecule has 0 aliphatic rings. The third-order valence-electron chi connectivity index (χ3n) is 2.54. The lowest BCUT2D eigenvalue weighted by atomic mass is 10.3. The Kier molecular flexibility index (Phi) is 4.46. The fourth-order valence-corrected chi connectivity index (χ4v) is 1.92. The van der Waals surface area contributed by atoms with Gasteiger partial charge in [-0.2, -0.15) is 5.10 Å². The van der Waals surface area contributed by atoms with Gasteiger partial charge in [0, 0.05) is 25.5 Å². The average Bonchev–Trinajstić information content (AvgIpc) is 2.87.